The lowest BCUT2D eigenvalue weighted by atomic mass is 10.2. The van der Waals surface area contributed by atoms with E-state index in [1.54, 1.807) is 6.07 Å². The molecule has 2 heterocycles. The molecule has 0 bridgehead atoms. The van der Waals surface area contributed by atoms with E-state index in [1.807, 2.05) is 30.3 Å². The standard InChI is InChI=1S/C20H24N4O/c1-22-10-12-23(13-11-22)15-20-21-17-7-3-4-8-18(17)24(20)14-16-6-2-5-9-19(16)25/h2-9,25H,10-15H2,1H3. The Balaban J connectivity index is 1.67. The summed E-state index contributed by atoms with van der Waals surface area (Å²) in [6.07, 6.45) is 0. The molecule has 0 aliphatic carbocycles. The van der Waals surface area contributed by atoms with Crippen molar-refractivity contribution in [1.82, 2.24) is 19.4 Å². The van der Waals surface area contributed by atoms with Crippen LogP contribution < -0.4 is 0 Å². The van der Waals surface area contributed by atoms with Crippen molar-refractivity contribution in [2.24, 2.45) is 0 Å². The minimum atomic E-state index is 0.339. The molecule has 5 nitrogen and oxygen atoms in total. The molecule has 1 aromatic heterocycles. The smallest absolute Gasteiger partial charge is 0.124 e. The molecule has 1 fully saturated rings. The van der Waals surface area contributed by atoms with Gasteiger partial charge in [-0.2, -0.15) is 0 Å². The summed E-state index contributed by atoms with van der Waals surface area (Å²) in [5.74, 6) is 1.40. The number of nitrogens with zero attached hydrogens (tertiary/aromatic N) is 4. The van der Waals surface area contributed by atoms with Crippen molar-refractivity contribution in [3.63, 3.8) is 0 Å². The van der Waals surface area contributed by atoms with Gasteiger partial charge in [-0.15, -0.1) is 0 Å². The maximum Gasteiger partial charge on any atom is 0.124 e. The van der Waals surface area contributed by atoms with Crippen molar-refractivity contribution < 1.29 is 5.11 Å². The van der Waals surface area contributed by atoms with Gasteiger partial charge in [0, 0.05) is 31.7 Å². The number of likely N-dealkylation sites (N-methyl/N-ethyl adjacent to an activating group) is 1. The fourth-order valence-corrected chi connectivity index (χ4v) is 3.44. The molecule has 0 spiro atoms. The predicted molar refractivity (Wildman–Crippen MR) is 99.7 cm³/mol. The third kappa shape index (κ3) is 3.38. The predicted octanol–water partition coefficient (Wildman–Crippen LogP) is 2.54. The second-order valence-corrected chi connectivity index (χ2v) is 6.81. The Morgan fingerprint density at radius 3 is 2.44 bits per heavy atom. The number of imidazole rings is 1. The second kappa shape index (κ2) is 6.86. The molecule has 2 aromatic carbocycles. The normalized spacial score (nSPS) is 16.5. The number of benzene rings is 2. The number of aromatic nitrogens is 2. The van der Waals surface area contributed by atoms with Gasteiger partial charge in [-0.1, -0.05) is 30.3 Å². The SMILES string of the molecule is CN1CCN(Cc2nc3ccccc3n2Cc2ccccc2O)CC1. The zero-order chi connectivity index (χ0) is 17.2. The van der Waals surface area contributed by atoms with Gasteiger partial charge in [-0.3, -0.25) is 4.90 Å². The molecule has 0 unspecified atom stereocenters. The van der Waals surface area contributed by atoms with E-state index >= 15 is 0 Å². The molecule has 1 aliphatic heterocycles. The number of rotatable bonds is 4. The summed E-state index contributed by atoms with van der Waals surface area (Å²) in [6, 6.07) is 15.8. The van der Waals surface area contributed by atoms with Gasteiger partial charge in [0.05, 0.1) is 24.1 Å². The number of hydrogen-bond acceptors (Lipinski definition) is 4. The number of piperazine rings is 1. The molecule has 1 aliphatic rings. The third-order valence-corrected chi connectivity index (χ3v) is 5.01. The molecular formula is C20H24N4O. The fraction of sp³-hybridized carbons (Fsp3) is 0.350. The topological polar surface area (TPSA) is 44.5 Å². The van der Waals surface area contributed by atoms with Crippen LogP contribution in [0.25, 0.3) is 11.0 Å². The van der Waals surface area contributed by atoms with Crippen molar-refractivity contribution >= 4 is 11.0 Å². The highest BCUT2D eigenvalue weighted by Crippen LogP contribution is 2.23. The quantitative estimate of drug-likeness (QED) is 0.795. The largest absolute Gasteiger partial charge is 0.508 e. The monoisotopic (exact) mass is 336 g/mol. The van der Waals surface area contributed by atoms with Crippen molar-refractivity contribution in [3.05, 3.63) is 59.9 Å². The first-order valence-corrected chi connectivity index (χ1v) is 8.82. The lowest BCUT2D eigenvalue weighted by molar-refractivity contribution is 0.144. The van der Waals surface area contributed by atoms with Gasteiger partial charge in [0.25, 0.3) is 0 Å². The summed E-state index contributed by atoms with van der Waals surface area (Å²) >= 11 is 0. The highest BCUT2D eigenvalue weighted by molar-refractivity contribution is 5.76. The van der Waals surface area contributed by atoms with Gasteiger partial charge in [0.15, 0.2) is 0 Å². The van der Waals surface area contributed by atoms with E-state index in [1.165, 1.54) is 0 Å². The first kappa shape index (κ1) is 16.1. The minimum absolute atomic E-state index is 0.339. The van der Waals surface area contributed by atoms with Crippen LogP contribution in [0.4, 0.5) is 0 Å². The Labute approximate surface area is 148 Å². The lowest BCUT2D eigenvalue weighted by Crippen LogP contribution is -2.44. The Kier molecular flexibility index (Phi) is 4.42. The van der Waals surface area contributed by atoms with Crippen LogP contribution in [0.5, 0.6) is 5.75 Å². The van der Waals surface area contributed by atoms with Gasteiger partial charge in [-0.05, 0) is 25.2 Å². The molecule has 130 valence electrons. The maximum atomic E-state index is 10.2. The zero-order valence-electron chi connectivity index (χ0n) is 14.6. The molecule has 1 N–H and O–H groups in total. The highest BCUT2D eigenvalue weighted by atomic mass is 16.3. The minimum Gasteiger partial charge on any atom is -0.508 e. The molecule has 0 amide bonds. The molecule has 1 saturated heterocycles. The summed E-state index contributed by atoms with van der Waals surface area (Å²) in [4.78, 5) is 9.70. The van der Waals surface area contributed by atoms with Crippen LogP contribution >= 0.6 is 0 Å². The zero-order valence-corrected chi connectivity index (χ0v) is 14.6. The Bertz CT molecular complexity index is 865. The Morgan fingerprint density at radius 1 is 0.920 bits per heavy atom. The van der Waals surface area contributed by atoms with E-state index in [9.17, 15) is 5.11 Å². The first-order chi connectivity index (χ1) is 12.2. The number of fused-ring (bicyclic) bond motifs is 1. The molecule has 3 aromatic rings. The number of phenols is 1. The summed E-state index contributed by atoms with van der Waals surface area (Å²) in [7, 11) is 2.17. The van der Waals surface area contributed by atoms with Crippen LogP contribution in [-0.2, 0) is 13.1 Å². The summed E-state index contributed by atoms with van der Waals surface area (Å²) in [5.41, 5.74) is 3.06. The van der Waals surface area contributed by atoms with E-state index in [4.69, 9.17) is 4.98 Å². The fourth-order valence-electron chi connectivity index (χ4n) is 3.44. The lowest BCUT2D eigenvalue weighted by Gasteiger charge is -2.32. The van der Waals surface area contributed by atoms with Crippen LogP contribution in [0, 0.1) is 0 Å². The second-order valence-electron chi connectivity index (χ2n) is 6.81. The van der Waals surface area contributed by atoms with Gasteiger partial charge in [0.1, 0.15) is 11.6 Å². The van der Waals surface area contributed by atoms with Crippen LogP contribution in [0.15, 0.2) is 48.5 Å². The Morgan fingerprint density at radius 2 is 1.64 bits per heavy atom. The van der Waals surface area contributed by atoms with Crippen LogP contribution in [-0.4, -0.2) is 57.7 Å². The molecule has 0 saturated carbocycles. The Hall–Kier alpha value is -2.37. The molecule has 4 rings (SSSR count). The van der Waals surface area contributed by atoms with E-state index in [0.717, 1.165) is 55.1 Å². The highest BCUT2D eigenvalue weighted by Gasteiger charge is 2.18. The van der Waals surface area contributed by atoms with Crippen LogP contribution in [0.3, 0.4) is 0 Å². The third-order valence-electron chi connectivity index (χ3n) is 5.01. The average molecular weight is 336 g/mol. The van der Waals surface area contributed by atoms with E-state index in [-0.39, 0.29) is 0 Å². The summed E-state index contributed by atoms with van der Waals surface area (Å²) < 4.78 is 2.24. The van der Waals surface area contributed by atoms with E-state index < -0.39 is 0 Å². The molecule has 5 heteroatoms. The molecular weight excluding hydrogens is 312 g/mol. The molecule has 25 heavy (non-hydrogen) atoms. The van der Waals surface area contributed by atoms with Crippen molar-refractivity contribution in [1.29, 1.82) is 0 Å². The number of para-hydroxylation sites is 3. The average Bonchev–Trinajstić information content (AvgIpc) is 2.96. The van der Waals surface area contributed by atoms with Crippen LogP contribution in [0.2, 0.25) is 0 Å². The van der Waals surface area contributed by atoms with Gasteiger partial charge in [-0.25, -0.2) is 4.98 Å². The van der Waals surface area contributed by atoms with Gasteiger partial charge < -0.3 is 14.6 Å². The number of hydrogen-bond donors (Lipinski definition) is 1. The molecule has 0 atom stereocenters. The van der Waals surface area contributed by atoms with Crippen molar-refractivity contribution in [3.8, 4) is 5.75 Å². The van der Waals surface area contributed by atoms with E-state index in [0.29, 0.717) is 12.3 Å². The van der Waals surface area contributed by atoms with Crippen LogP contribution in [0.1, 0.15) is 11.4 Å². The maximum absolute atomic E-state index is 10.2. The van der Waals surface area contributed by atoms with Gasteiger partial charge in [0.2, 0.25) is 0 Å². The molecule has 0 radical (unpaired) electrons. The summed E-state index contributed by atoms with van der Waals surface area (Å²) in [5, 5.41) is 10.2. The summed E-state index contributed by atoms with van der Waals surface area (Å²) in [6.45, 7) is 5.80. The number of aromatic hydroxyl groups is 1. The van der Waals surface area contributed by atoms with Gasteiger partial charge >= 0.3 is 0 Å². The van der Waals surface area contributed by atoms with Crippen molar-refractivity contribution in [2.45, 2.75) is 13.1 Å². The van der Waals surface area contributed by atoms with E-state index in [2.05, 4.69) is 33.5 Å². The van der Waals surface area contributed by atoms with Crippen molar-refractivity contribution in [2.75, 3.05) is 33.2 Å². The number of phenolic OH excluding ortho intramolecular Hbond substituents is 1. The first-order valence-electron chi connectivity index (χ1n) is 8.82.